The maximum atomic E-state index is 11.9. The van der Waals surface area contributed by atoms with Gasteiger partial charge < -0.3 is 5.32 Å². The van der Waals surface area contributed by atoms with Crippen LogP contribution >= 0.6 is 12.4 Å². The molecule has 0 aliphatic carbocycles. The van der Waals surface area contributed by atoms with Gasteiger partial charge in [-0.1, -0.05) is 0 Å². The number of carbonyl (C=O) groups is 1. The van der Waals surface area contributed by atoms with Crippen molar-refractivity contribution in [1.29, 1.82) is 0 Å². The van der Waals surface area contributed by atoms with Crippen molar-refractivity contribution in [3.63, 3.8) is 0 Å². The molecule has 1 unspecified atom stereocenters. The second-order valence-corrected chi connectivity index (χ2v) is 2.22. The van der Waals surface area contributed by atoms with Gasteiger partial charge in [-0.3, -0.25) is 10.1 Å². The van der Waals surface area contributed by atoms with Gasteiger partial charge >= 0.3 is 6.18 Å². The number of halogens is 4. The van der Waals surface area contributed by atoms with Gasteiger partial charge in [-0.15, -0.1) is 12.4 Å². The number of alkyl halides is 3. The van der Waals surface area contributed by atoms with Gasteiger partial charge in [0.25, 0.3) is 0 Å². The zero-order valence-electron chi connectivity index (χ0n) is 5.94. The Bertz CT molecular complexity index is 173. The topological polar surface area (TPSA) is 41.1 Å². The first-order valence-corrected chi connectivity index (χ1v) is 3.09. The van der Waals surface area contributed by atoms with Crippen LogP contribution in [-0.4, -0.2) is 31.2 Å². The van der Waals surface area contributed by atoms with Crippen molar-refractivity contribution in [2.45, 2.75) is 12.2 Å². The molecule has 3 nitrogen and oxygen atoms in total. The molecule has 0 saturated carbocycles. The van der Waals surface area contributed by atoms with Crippen molar-refractivity contribution in [3.8, 4) is 0 Å². The first kappa shape index (κ1) is 11.5. The number of amides is 1. The first-order chi connectivity index (χ1) is 5.02. The number of piperazine rings is 1. The van der Waals surface area contributed by atoms with Gasteiger partial charge in [0.05, 0.1) is 0 Å². The van der Waals surface area contributed by atoms with Crippen molar-refractivity contribution in [2.75, 3.05) is 13.1 Å². The van der Waals surface area contributed by atoms with Crippen LogP contribution in [0.4, 0.5) is 13.2 Å². The van der Waals surface area contributed by atoms with Gasteiger partial charge in [0, 0.05) is 13.1 Å². The number of hydrogen-bond donors (Lipinski definition) is 2. The molecule has 1 aliphatic rings. The predicted molar refractivity (Wildman–Crippen MR) is 38.1 cm³/mol. The van der Waals surface area contributed by atoms with Gasteiger partial charge in [0.15, 0.2) is 6.04 Å². The van der Waals surface area contributed by atoms with Crippen LogP contribution in [0.5, 0.6) is 0 Å². The molecule has 2 N–H and O–H groups in total. The van der Waals surface area contributed by atoms with E-state index in [-0.39, 0.29) is 25.5 Å². The zero-order valence-corrected chi connectivity index (χ0v) is 6.76. The van der Waals surface area contributed by atoms with Crippen LogP contribution in [0.3, 0.4) is 0 Å². The summed E-state index contributed by atoms with van der Waals surface area (Å²) in [6.45, 7) is 0.418. The fourth-order valence-corrected chi connectivity index (χ4v) is 0.861. The van der Waals surface area contributed by atoms with E-state index in [4.69, 9.17) is 0 Å². The van der Waals surface area contributed by atoms with Gasteiger partial charge in [0.1, 0.15) is 0 Å². The molecule has 0 aromatic carbocycles. The molecular formula is C5H8ClF3N2O. The highest BCUT2D eigenvalue weighted by Crippen LogP contribution is 2.20. The quantitative estimate of drug-likeness (QED) is 0.586. The van der Waals surface area contributed by atoms with Crippen LogP contribution in [0.2, 0.25) is 0 Å². The summed E-state index contributed by atoms with van der Waals surface area (Å²) in [5.74, 6) is -0.997. The molecule has 0 aromatic heterocycles. The number of nitrogens with one attached hydrogen (secondary N) is 2. The summed E-state index contributed by atoms with van der Waals surface area (Å²) in [6, 6.07) is -2.03. The van der Waals surface area contributed by atoms with Crippen LogP contribution in [0.25, 0.3) is 0 Å². The Kier molecular flexibility index (Phi) is 3.79. The van der Waals surface area contributed by atoms with Gasteiger partial charge in [-0.25, -0.2) is 0 Å². The summed E-state index contributed by atoms with van der Waals surface area (Å²) in [5, 5.41) is 4.19. The molecule has 72 valence electrons. The van der Waals surface area contributed by atoms with Crippen LogP contribution < -0.4 is 10.6 Å². The molecule has 0 bridgehead atoms. The molecule has 1 aliphatic heterocycles. The Labute approximate surface area is 73.1 Å². The number of hydrogen-bond acceptors (Lipinski definition) is 2. The van der Waals surface area contributed by atoms with E-state index >= 15 is 0 Å². The highest BCUT2D eigenvalue weighted by molar-refractivity contribution is 5.85. The molecule has 0 aromatic rings. The van der Waals surface area contributed by atoms with E-state index in [1.807, 2.05) is 0 Å². The van der Waals surface area contributed by atoms with E-state index < -0.39 is 18.1 Å². The van der Waals surface area contributed by atoms with Crippen LogP contribution in [0.15, 0.2) is 0 Å². The fraction of sp³-hybridized carbons (Fsp3) is 0.800. The maximum absolute atomic E-state index is 11.9. The smallest absolute Gasteiger partial charge is 0.353 e. The third-order valence-corrected chi connectivity index (χ3v) is 1.36. The van der Waals surface area contributed by atoms with Crippen LogP contribution in [0, 0.1) is 0 Å². The van der Waals surface area contributed by atoms with E-state index in [1.165, 1.54) is 0 Å². The molecule has 1 saturated heterocycles. The van der Waals surface area contributed by atoms with Crippen LogP contribution in [-0.2, 0) is 4.79 Å². The third-order valence-electron chi connectivity index (χ3n) is 1.36. The summed E-state index contributed by atoms with van der Waals surface area (Å²) in [5.41, 5.74) is 0. The number of rotatable bonds is 0. The second-order valence-electron chi connectivity index (χ2n) is 2.22. The Morgan fingerprint density at radius 3 is 2.25 bits per heavy atom. The summed E-state index contributed by atoms with van der Waals surface area (Å²) < 4.78 is 35.6. The summed E-state index contributed by atoms with van der Waals surface area (Å²) in [7, 11) is 0. The molecule has 1 fully saturated rings. The Morgan fingerprint density at radius 1 is 1.33 bits per heavy atom. The zero-order chi connectivity index (χ0) is 8.48. The Morgan fingerprint density at radius 2 is 1.92 bits per heavy atom. The first-order valence-electron chi connectivity index (χ1n) is 3.09. The van der Waals surface area contributed by atoms with E-state index in [1.54, 1.807) is 0 Å². The standard InChI is InChI=1S/C5H7F3N2O.ClH/c6-5(7,8)3-4(11)10-2-1-9-3;/h3,9H,1-2H2,(H,10,11);1H. The van der Waals surface area contributed by atoms with Crippen molar-refractivity contribution in [2.24, 2.45) is 0 Å². The highest BCUT2D eigenvalue weighted by Gasteiger charge is 2.45. The average Bonchev–Trinajstić information content (AvgIpc) is 1.86. The normalized spacial score (nSPS) is 24.2. The van der Waals surface area contributed by atoms with Crippen molar-refractivity contribution in [3.05, 3.63) is 0 Å². The largest absolute Gasteiger partial charge is 0.412 e. The van der Waals surface area contributed by atoms with E-state index in [2.05, 4.69) is 10.6 Å². The minimum atomic E-state index is -4.48. The summed E-state index contributed by atoms with van der Waals surface area (Å²) in [6.07, 6.45) is -4.48. The lowest BCUT2D eigenvalue weighted by molar-refractivity contribution is -0.170. The van der Waals surface area contributed by atoms with Crippen molar-refractivity contribution >= 4 is 18.3 Å². The van der Waals surface area contributed by atoms with Crippen molar-refractivity contribution < 1.29 is 18.0 Å². The number of carbonyl (C=O) groups excluding carboxylic acids is 1. The van der Waals surface area contributed by atoms with E-state index in [0.717, 1.165) is 0 Å². The summed E-state index contributed by atoms with van der Waals surface area (Å²) >= 11 is 0. The van der Waals surface area contributed by atoms with Gasteiger partial charge in [0.2, 0.25) is 5.91 Å². The summed E-state index contributed by atoms with van der Waals surface area (Å²) in [4.78, 5) is 10.5. The molecule has 7 heteroatoms. The molecule has 1 atom stereocenters. The Balaban J connectivity index is 0.00000121. The lowest BCUT2D eigenvalue weighted by atomic mass is 10.2. The average molecular weight is 205 g/mol. The van der Waals surface area contributed by atoms with E-state index in [9.17, 15) is 18.0 Å². The molecule has 1 amide bonds. The highest BCUT2D eigenvalue weighted by atomic mass is 35.5. The molecule has 0 radical (unpaired) electrons. The third kappa shape index (κ3) is 2.53. The lowest BCUT2D eigenvalue weighted by Crippen LogP contribution is -2.59. The molecule has 12 heavy (non-hydrogen) atoms. The van der Waals surface area contributed by atoms with Gasteiger partial charge in [-0.2, -0.15) is 13.2 Å². The maximum Gasteiger partial charge on any atom is 0.412 e. The molecular weight excluding hydrogens is 197 g/mol. The minimum Gasteiger partial charge on any atom is -0.353 e. The SMILES string of the molecule is Cl.O=C1NCCNC1C(F)(F)F. The molecule has 0 spiro atoms. The monoisotopic (exact) mass is 204 g/mol. The van der Waals surface area contributed by atoms with E-state index in [0.29, 0.717) is 0 Å². The minimum absolute atomic E-state index is 0. The molecule has 1 rings (SSSR count). The fourth-order valence-electron chi connectivity index (χ4n) is 0.861. The molecule has 1 heterocycles. The van der Waals surface area contributed by atoms with Gasteiger partial charge in [-0.05, 0) is 0 Å². The van der Waals surface area contributed by atoms with Crippen LogP contribution in [0.1, 0.15) is 0 Å². The second kappa shape index (κ2) is 3.95. The lowest BCUT2D eigenvalue weighted by Gasteiger charge is -2.24. The van der Waals surface area contributed by atoms with Crippen molar-refractivity contribution in [1.82, 2.24) is 10.6 Å². The Hall–Kier alpha value is -0.490. The predicted octanol–water partition coefficient (Wildman–Crippen LogP) is 0.0585.